The van der Waals surface area contributed by atoms with Gasteiger partial charge in [-0.3, -0.25) is 9.59 Å². The van der Waals surface area contributed by atoms with Crippen LogP contribution in [0.15, 0.2) is 84.2 Å². The van der Waals surface area contributed by atoms with Crippen LogP contribution < -0.4 is 5.32 Å². The number of nitrogens with one attached hydrogen (secondary N) is 1. The van der Waals surface area contributed by atoms with Crippen molar-refractivity contribution >= 4 is 28.9 Å². The summed E-state index contributed by atoms with van der Waals surface area (Å²) in [6, 6.07) is 23.1. The lowest BCUT2D eigenvalue weighted by atomic mass is 9.98. The number of anilines is 1. The summed E-state index contributed by atoms with van der Waals surface area (Å²) >= 11 is 1.29. The van der Waals surface area contributed by atoms with E-state index in [1.165, 1.54) is 11.5 Å². The number of aromatic nitrogens is 2. The third-order valence-corrected chi connectivity index (χ3v) is 4.76. The summed E-state index contributed by atoms with van der Waals surface area (Å²) < 4.78 is 3.85. The highest BCUT2D eigenvalue weighted by Gasteiger charge is 2.18. The second kappa shape index (κ2) is 7.94. The Labute approximate surface area is 165 Å². The smallest absolute Gasteiger partial charge is 0.256 e. The van der Waals surface area contributed by atoms with Crippen LogP contribution in [0, 0.1) is 0 Å². The number of rotatable bonds is 5. The van der Waals surface area contributed by atoms with Crippen molar-refractivity contribution in [1.29, 1.82) is 0 Å². The molecule has 1 heterocycles. The SMILES string of the molecule is O=C(Nc1ccc(-c2csnn2)cc1)c1ccccc1C(=O)c1ccccc1. The van der Waals surface area contributed by atoms with Crippen molar-refractivity contribution in [2.45, 2.75) is 0 Å². The van der Waals surface area contributed by atoms with E-state index in [1.807, 2.05) is 23.6 Å². The molecule has 4 aromatic rings. The third kappa shape index (κ3) is 3.72. The molecule has 0 saturated heterocycles. The third-order valence-electron chi connectivity index (χ3n) is 4.25. The lowest BCUT2D eigenvalue weighted by Crippen LogP contribution is -2.16. The molecule has 0 fully saturated rings. The molecule has 28 heavy (non-hydrogen) atoms. The van der Waals surface area contributed by atoms with Crippen LogP contribution in [0.5, 0.6) is 0 Å². The maximum absolute atomic E-state index is 12.8. The van der Waals surface area contributed by atoms with E-state index in [2.05, 4.69) is 14.9 Å². The lowest BCUT2D eigenvalue weighted by molar-refractivity contribution is 0.0996. The Morgan fingerprint density at radius 1 is 0.786 bits per heavy atom. The summed E-state index contributed by atoms with van der Waals surface area (Å²) in [5.74, 6) is -0.513. The number of amides is 1. The van der Waals surface area contributed by atoms with Gasteiger partial charge >= 0.3 is 0 Å². The van der Waals surface area contributed by atoms with E-state index in [9.17, 15) is 9.59 Å². The number of nitrogens with zero attached hydrogens (tertiary/aromatic N) is 2. The topological polar surface area (TPSA) is 72.0 Å². The fraction of sp³-hybridized carbons (Fsp3) is 0. The predicted octanol–water partition coefficient (Wildman–Crippen LogP) is 4.69. The van der Waals surface area contributed by atoms with Crippen molar-refractivity contribution in [1.82, 2.24) is 9.59 Å². The van der Waals surface area contributed by atoms with Crippen molar-refractivity contribution < 1.29 is 9.59 Å². The zero-order valence-corrected chi connectivity index (χ0v) is 15.5. The van der Waals surface area contributed by atoms with Gasteiger partial charge in [-0.1, -0.05) is 65.2 Å². The second-order valence-electron chi connectivity index (χ2n) is 6.06. The average Bonchev–Trinajstić information content (AvgIpc) is 3.29. The standard InChI is InChI=1S/C22H15N3O2S/c26-21(16-6-2-1-3-7-16)18-8-4-5-9-19(18)22(27)23-17-12-10-15(11-13-17)20-14-28-25-24-20/h1-14H,(H,23,27). The first-order valence-corrected chi connectivity index (χ1v) is 9.43. The summed E-state index contributed by atoms with van der Waals surface area (Å²) in [4.78, 5) is 25.6. The number of hydrogen-bond donors (Lipinski definition) is 1. The Hall–Kier alpha value is -3.64. The maximum Gasteiger partial charge on any atom is 0.256 e. The molecule has 0 unspecified atom stereocenters. The van der Waals surface area contributed by atoms with Gasteiger partial charge in [0.15, 0.2) is 5.78 Å². The fourth-order valence-electron chi connectivity index (χ4n) is 2.84. The molecule has 0 aliphatic rings. The minimum atomic E-state index is -0.331. The Kier molecular flexibility index (Phi) is 5.03. The normalized spacial score (nSPS) is 10.4. The molecular weight excluding hydrogens is 370 g/mol. The molecule has 0 aliphatic heterocycles. The quantitative estimate of drug-likeness (QED) is 0.506. The monoisotopic (exact) mass is 385 g/mol. The van der Waals surface area contributed by atoms with Gasteiger partial charge in [0.05, 0.1) is 5.56 Å². The number of benzene rings is 3. The van der Waals surface area contributed by atoms with E-state index in [0.717, 1.165) is 11.3 Å². The molecule has 136 valence electrons. The average molecular weight is 385 g/mol. The molecule has 0 radical (unpaired) electrons. The van der Waals surface area contributed by atoms with Gasteiger partial charge in [0.1, 0.15) is 5.69 Å². The zero-order chi connectivity index (χ0) is 19.3. The first-order valence-electron chi connectivity index (χ1n) is 8.60. The van der Waals surface area contributed by atoms with Crippen molar-refractivity contribution in [2.24, 2.45) is 0 Å². The molecule has 3 aromatic carbocycles. The van der Waals surface area contributed by atoms with Crippen molar-refractivity contribution in [3.05, 3.63) is 101 Å². The van der Waals surface area contributed by atoms with Gasteiger partial charge in [0.2, 0.25) is 0 Å². The molecule has 0 spiro atoms. The van der Waals surface area contributed by atoms with E-state index in [0.29, 0.717) is 22.4 Å². The van der Waals surface area contributed by atoms with E-state index < -0.39 is 0 Å². The van der Waals surface area contributed by atoms with Crippen molar-refractivity contribution in [2.75, 3.05) is 5.32 Å². The lowest BCUT2D eigenvalue weighted by Gasteiger charge is -2.10. The minimum absolute atomic E-state index is 0.183. The Balaban J connectivity index is 1.56. The van der Waals surface area contributed by atoms with Crippen LogP contribution in [0.1, 0.15) is 26.3 Å². The molecule has 1 N–H and O–H groups in total. The van der Waals surface area contributed by atoms with Gasteiger partial charge in [-0.05, 0) is 29.7 Å². The van der Waals surface area contributed by atoms with Crippen LogP contribution in [0.25, 0.3) is 11.3 Å². The Morgan fingerprint density at radius 3 is 2.14 bits per heavy atom. The molecule has 1 aromatic heterocycles. The molecule has 0 aliphatic carbocycles. The van der Waals surface area contributed by atoms with Gasteiger partial charge in [-0.25, -0.2) is 0 Å². The van der Waals surface area contributed by atoms with Crippen molar-refractivity contribution in [3.63, 3.8) is 0 Å². The molecule has 0 saturated carbocycles. The predicted molar refractivity (Wildman–Crippen MR) is 110 cm³/mol. The highest BCUT2D eigenvalue weighted by atomic mass is 32.1. The molecule has 6 heteroatoms. The largest absolute Gasteiger partial charge is 0.322 e. The number of hydrogen-bond acceptors (Lipinski definition) is 5. The summed E-state index contributed by atoms with van der Waals surface area (Å²) in [5, 5.41) is 8.74. The van der Waals surface area contributed by atoms with Gasteiger partial charge in [0, 0.05) is 27.8 Å². The van der Waals surface area contributed by atoms with Gasteiger partial charge in [-0.2, -0.15) is 0 Å². The molecular formula is C22H15N3O2S. The first-order chi connectivity index (χ1) is 13.7. The molecule has 1 amide bonds. The van der Waals surface area contributed by atoms with Crippen LogP contribution in [-0.2, 0) is 0 Å². The highest BCUT2D eigenvalue weighted by molar-refractivity contribution is 7.03. The van der Waals surface area contributed by atoms with Gasteiger partial charge in [-0.15, -0.1) is 5.10 Å². The van der Waals surface area contributed by atoms with E-state index >= 15 is 0 Å². The van der Waals surface area contributed by atoms with E-state index in [1.54, 1.807) is 60.7 Å². The Morgan fingerprint density at radius 2 is 1.46 bits per heavy atom. The number of ketones is 1. The molecule has 4 rings (SSSR count). The maximum atomic E-state index is 12.8. The van der Waals surface area contributed by atoms with Crippen LogP contribution in [0.3, 0.4) is 0 Å². The van der Waals surface area contributed by atoms with E-state index in [4.69, 9.17) is 0 Å². The Bertz CT molecular complexity index is 1110. The van der Waals surface area contributed by atoms with Crippen molar-refractivity contribution in [3.8, 4) is 11.3 Å². The molecule has 5 nitrogen and oxygen atoms in total. The molecule has 0 bridgehead atoms. The van der Waals surface area contributed by atoms with Crippen LogP contribution in [0.2, 0.25) is 0 Å². The highest BCUT2D eigenvalue weighted by Crippen LogP contribution is 2.21. The number of carbonyl (C=O) groups excluding carboxylic acids is 2. The number of carbonyl (C=O) groups is 2. The summed E-state index contributed by atoms with van der Waals surface area (Å²) in [7, 11) is 0. The minimum Gasteiger partial charge on any atom is -0.322 e. The van der Waals surface area contributed by atoms with E-state index in [-0.39, 0.29) is 11.7 Å². The van der Waals surface area contributed by atoms with Crippen LogP contribution >= 0.6 is 11.5 Å². The zero-order valence-electron chi connectivity index (χ0n) is 14.7. The molecule has 0 atom stereocenters. The van der Waals surface area contributed by atoms with Crippen LogP contribution in [0.4, 0.5) is 5.69 Å². The van der Waals surface area contributed by atoms with Gasteiger partial charge < -0.3 is 5.32 Å². The van der Waals surface area contributed by atoms with Crippen LogP contribution in [-0.4, -0.2) is 21.3 Å². The van der Waals surface area contributed by atoms with Gasteiger partial charge in [0.25, 0.3) is 5.91 Å². The summed E-state index contributed by atoms with van der Waals surface area (Å²) in [6.45, 7) is 0. The first kappa shape index (κ1) is 17.8. The summed E-state index contributed by atoms with van der Waals surface area (Å²) in [5.41, 5.74) is 3.61. The second-order valence-corrected chi connectivity index (χ2v) is 6.67. The fourth-order valence-corrected chi connectivity index (χ4v) is 3.30. The summed E-state index contributed by atoms with van der Waals surface area (Å²) in [6.07, 6.45) is 0.